The van der Waals surface area contributed by atoms with Crippen molar-refractivity contribution in [3.05, 3.63) is 12.7 Å². The molecule has 0 aromatic rings. The molecule has 0 spiro atoms. The molecule has 0 fully saturated rings. The molecule has 2 unspecified atom stereocenters. The van der Waals surface area contributed by atoms with E-state index in [2.05, 4.69) is 10.8 Å². The molecule has 0 aliphatic carbocycles. The third kappa shape index (κ3) is 9.55. The van der Waals surface area contributed by atoms with Gasteiger partial charge in [0, 0.05) is 0 Å². The summed E-state index contributed by atoms with van der Waals surface area (Å²) < 4.78 is 60.9. The summed E-state index contributed by atoms with van der Waals surface area (Å²) in [7, 11) is -9.52. The van der Waals surface area contributed by atoms with E-state index in [-0.39, 0.29) is 64.4 Å². The van der Waals surface area contributed by atoms with Crippen molar-refractivity contribution >= 4 is 32.5 Å². The Balaban J connectivity index is -0.000000457. The number of hydrogen-bond acceptors (Lipinski definition) is 8. The van der Waals surface area contributed by atoms with Crippen LogP contribution >= 0.6 is 0 Å². The third-order valence-corrected chi connectivity index (χ3v) is 5.04. The van der Waals surface area contributed by atoms with Crippen molar-refractivity contribution in [1.29, 1.82) is 0 Å². The molecule has 0 amide bonds. The Hall–Kier alpha value is 0.0964. The maximum Gasteiger partial charge on any atom is 1.00 e. The fourth-order valence-electron chi connectivity index (χ4n) is 1.85. The Kier molecular flexibility index (Phi) is 14.9. The molecule has 0 bridgehead atoms. The maximum atomic E-state index is 11.1. The van der Waals surface area contributed by atoms with Crippen molar-refractivity contribution in [1.82, 2.24) is 0 Å². The zero-order valence-corrected chi connectivity index (χ0v) is 18.7. The first-order valence-electron chi connectivity index (χ1n) is 6.35. The van der Waals surface area contributed by atoms with Gasteiger partial charge < -0.3 is 14.8 Å². The molecule has 0 aliphatic rings. The summed E-state index contributed by atoms with van der Waals surface area (Å²) in [5.41, 5.74) is 0. The third-order valence-electron chi connectivity index (χ3n) is 2.95. The number of hydrogen-bond donors (Lipinski definition) is 3. The van der Waals surface area contributed by atoms with E-state index < -0.39 is 49.5 Å². The van der Waals surface area contributed by atoms with E-state index in [1.54, 1.807) is 0 Å². The van der Waals surface area contributed by atoms with Gasteiger partial charge in [-0.3, -0.25) is 18.3 Å². The van der Waals surface area contributed by atoms with Crippen LogP contribution in [-0.2, 0) is 34.3 Å². The average molecular weight is 430 g/mol. The zero-order valence-electron chi connectivity index (χ0n) is 13.9. The first kappa shape index (κ1) is 29.8. The van der Waals surface area contributed by atoms with Crippen molar-refractivity contribution in [2.75, 3.05) is 6.61 Å². The van der Waals surface area contributed by atoms with Crippen LogP contribution in [0.15, 0.2) is 12.7 Å². The normalized spacial score (nSPS) is 14.7. The van der Waals surface area contributed by atoms with E-state index in [0.29, 0.717) is 0 Å². The quantitative estimate of drug-likeness (QED) is 0.145. The van der Waals surface area contributed by atoms with Gasteiger partial charge in [-0.25, -0.2) is 8.42 Å². The largest absolute Gasteiger partial charge is 1.00 e. The molecule has 0 saturated heterocycles. The van der Waals surface area contributed by atoms with Gasteiger partial charge in [-0.05, 0) is 12.8 Å². The van der Waals surface area contributed by atoms with Crippen molar-refractivity contribution in [3.8, 4) is 0 Å². The van der Waals surface area contributed by atoms with Crippen molar-refractivity contribution in [2.45, 2.75) is 31.4 Å². The van der Waals surface area contributed by atoms with E-state index in [1.807, 2.05) is 0 Å². The molecule has 0 aromatic carbocycles. The summed E-state index contributed by atoms with van der Waals surface area (Å²) in [4.78, 5) is 21.8. The predicted molar refractivity (Wildman–Crippen MR) is 79.5 cm³/mol. The van der Waals surface area contributed by atoms with Crippen LogP contribution in [0.25, 0.3) is 0 Å². The summed E-state index contributed by atoms with van der Waals surface area (Å²) >= 11 is 0. The molecular weight excluding hydrogens is 411 g/mol. The SMILES string of the molecule is C=CCOS(=O)(=O)[O-].CCC(C(=O)O)C(CC)(C(=O)O)S(=O)(=O)O.[K+]. The summed E-state index contributed by atoms with van der Waals surface area (Å²) in [6.07, 6.45) is 0.441. The number of aliphatic carboxylic acids is 2. The fourth-order valence-corrected chi connectivity index (χ4v) is 3.33. The average Bonchev–Trinajstić information content (AvgIpc) is 2.39. The summed E-state index contributed by atoms with van der Waals surface area (Å²) in [6, 6.07) is 0. The van der Waals surface area contributed by atoms with Crippen molar-refractivity contribution < 1.29 is 101 Å². The molecule has 11 nitrogen and oxygen atoms in total. The van der Waals surface area contributed by atoms with Gasteiger partial charge in [0.25, 0.3) is 10.1 Å². The van der Waals surface area contributed by atoms with E-state index in [9.17, 15) is 31.0 Å². The second kappa shape index (κ2) is 12.5. The predicted octanol–water partition coefficient (Wildman–Crippen LogP) is -3.13. The van der Waals surface area contributed by atoms with Crippen molar-refractivity contribution in [3.63, 3.8) is 0 Å². The summed E-state index contributed by atoms with van der Waals surface area (Å²) in [5.74, 6) is -5.11. The number of carboxylic acid groups (broad SMARTS) is 2. The second-order valence-corrected chi connectivity index (χ2v) is 7.03. The number of carboxylic acids is 2. The van der Waals surface area contributed by atoms with Crippen LogP contribution in [0, 0.1) is 5.92 Å². The van der Waals surface area contributed by atoms with Crippen LogP contribution < -0.4 is 51.4 Å². The van der Waals surface area contributed by atoms with E-state index >= 15 is 0 Å². The standard InChI is InChI=1S/C8H14O7S.C3H6O4S.K/c1-3-5(6(9)10)8(4-2,7(11)12)16(13,14)15;1-2-3-7-8(4,5)6;/h5H,3-4H2,1-2H3,(H,9,10)(H,11,12)(H,13,14,15);2H,1,3H2,(H,4,5,6);/q;;+1/p-1. The monoisotopic (exact) mass is 430 g/mol. The molecule has 0 saturated carbocycles. The Labute approximate surface area is 188 Å². The van der Waals surface area contributed by atoms with E-state index in [4.69, 9.17) is 14.8 Å². The van der Waals surface area contributed by atoms with Crippen LogP contribution in [0.5, 0.6) is 0 Å². The van der Waals surface area contributed by atoms with Gasteiger partial charge in [-0.15, -0.1) is 6.58 Å². The minimum atomic E-state index is -5.01. The Bertz CT molecular complexity index is 656. The van der Waals surface area contributed by atoms with Gasteiger partial charge in [0.15, 0.2) is 0 Å². The Morgan fingerprint density at radius 3 is 1.76 bits per heavy atom. The molecule has 2 atom stereocenters. The van der Waals surface area contributed by atoms with Crippen LogP contribution in [-0.4, -0.2) is 59.4 Å². The number of carbonyl (C=O) groups is 2. The van der Waals surface area contributed by atoms with Crippen LogP contribution in [0.3, 0.4) is 0 Å². The summed E-state index contributed by atoms with van der Waals surface area (Å²) in [6.45, 7) is 5.42. The minimum Gasteiger partial charge on any atom is -0.726 e. The molecule has 3 N–H and O–H groups in total. The minimum absolute atomic E-state index is 0. The van der Waals surface area contributed by atoms with Gasteiger partial charge >= 0.3 is 63.3 Å². The van der Waals surface area contributed by atoms with Crippen LogP contribution in [0.2, 0.25) is 0 Å². The maximum absolute atomic E-state index is 11.1. The molecule has 142 valence electrons. The topological polar surface area (TPSA) is 195 Å². The van der Waals surface area contributed by atoms with Gasteiger partial charge in [-0.2, -0.15) is 8.42 Å². The second-order valence-electron chi connectivity index (χ2n) is 4.30. The summed E-state index contributed by atoms with van der Waals surface area (Å²) in [5, 5.41) is 17.7. The molecule has 25 heavy (non-hydrogen) atoms. The van der Waals surface area contributed by atoms with Crippen molar-refractivity contribution in [2.24, 2.45) is 5.92 Å². The van der Waals surface area contributed by atoms with Gasteiger partial charge in [-0.1, -0.05) is 19.9 Å². The number of rotatable bonds is 9. The van der Waals surface area contributed by atoms with Gasteiger partial charge in [0.05, 0.1) is 12.5 Å². The Morgan fingerprint density at radius 2 is 1.68 bits per heavy atom. The fraction of sp³-hybridized carbons (Fsp3) is 0.636. The molecule has 0 heterocycles. The molecular formula is C11H19KO11S2. The first-order valence-corrected chi connectivity index (χ1v) is 9.12. The van der Waals surface area contributed by atoms with E-state index in [0.717, 1.165) is 0 Å². The molecule has 0 aliphatic heterocycles. The van der Waals surface area contributed by atoms with E-state index in [1.165, 1.54) is 19.9 Å². The Morgan fingerprint density at radius 1 is 1.24 bits per heavy atom. The molecule has 14 heteroatoms. The molecule has 0 radical (unpaired) electrons. The van der Waals surface area contributed by atoms with Crippen LogP contribution in [0.4, 0.5) is 0 Å². The first-order chi connectivity index (χ1) is 10.7. The van der Waals surface area contributed by atoms with Crippen LogP contribution in [0.1, 0.15) is 26.7 Å². The zero-order chi connectivity index (χ0) is 19.8. The van der Waals surface area contributed by atoms with Gasteiger partial charge in [0.2, 0.25) is 15.1 Å². The smallest absolute Gasteiger partial charge is 0.726 e. The molecule has 0 aromatic heterocycles. The van der Waals surface area contributed by atoms with Gasteiger partial charge in [0.1, 0.15) is 0 Å². The molecule has 0 rings (SSSR count).